The lowest BCUT2D eigenvalue weighted by Crippen LogP contribution is -2.09. The molecule has 0 bridgehead atoms. The number of rotatable bonds is 18. The highest BCUT2D eigenvalue weighted by Crippen LogP contribution is 2.34. The van der Waals surface area contributed by atoms with Gasteiger partial charge in [-0.3, -0.25) is 0 Å². The summed E-state index contributed by atoms with van der Waals surface area (Å²) in [6.45, 7) is 13.9. The van der Waals surface area contributed by atoms with E-state index in [1.807, 2.05) is 6.07 Å². The van der Waals surface area contributed by atoms with Crippen LogP contribution in [0.25, 0.3) is 0 Å². The third-order valence-corrected chi connectivity index (χ3v) is 10.2. The van der Waals surface area contributed by atoms with Gasteiger partial charge in [0.25, 0.3) is 0 Å². The predicted molar refractivity (Wildman–Crippen MR) is 194 cm³/mol. The molecule has 0 spiro atoms. The molecule has 4 heterocycles. The molecule has 0 N–H and O–H groups in total. The molecule has 0 aromatic heterocycles. The van der Waals surface area contributed by atoms with Crippen LogP contribution in [0.3, 0.4) is 0 Å². The van der Waals surface area contributed by atoms with E-state index in [9.17, 15) is 0 Å². The van der Waals surface area contributed by atoms with Gasteiger partial charge in [0.05, 0.1) is 26.4 Å². The summed E-state index contributed by atoms with van der Waals surface area (Å²) in [5.74, 6) is 3.65. The summed E-state index contributed by atoms with van der Waals surface area (Å²) in [6.07, 6.45) is 3.06. The molecule has 8 nitrogen and oxygen atoms in total. The minimum Gasteiger partial charge on any atom is -0.491 e. The molecule has 4 aromatic rings. The molecule has 0 amide bonds. The van der Waals surface area contributed by atoms with E-state index in [0.717, 1.165) is 90.9 Å². The number of epoxide rings is 4. The van der Waals surface area contributed by atoms with Gasteiger partial charge in [0, 0.05) is 0 Å². The van der Waals surface area contributed by atoms with Crippen molar-refractivity contribution in [3.8, 4) is 23.0 Å². The quantitative estimate of drug-likeness (QED) is 0.105. The first kappa shape index (κ1) is 34.0. The van der Waals surface area contributed by atoms with E-state index in [1.54, 1.807) is 0 Å². The van der Waals surface area contributed by atoms with E-state index in [0.29, 0.717) is 26.4 Å². The highest BCUT2D eigenvalue weighted by Gasteiger charge is 2.26. The summed E-state index contributed by atoms with van der Waals surface area (Å²) in [5.41, 5.74) is 11.9. The van der Waals surface area contributed by atoms with Crippen molar-refractivity contribution in [2.45, 2.75) is 71.4 Å². The van der Waals surface area contributed by atoms with Crippen molar-refractivity contribution in [2.75, 3.05) is 52.9 Å². The standard InChI is InChI=1S/C43H48O8/c1-26-8-9-30(15-41(26)49-23-37-19-45-37)10-34-13-32(17-43(28(34)3)51-25-39-21-47-39)14-35-12-31(16-42(29(35)4)50-24-38-20-46-38)11-33-6-5-7-40(27(33)2)48-22-36-18-44-36/h5-9,12-13,15-17,36-39H,10-11,14,18-25H2,1-4H3. The second-order valence-corrected chi connectivity index (χ2v) is 14.5. The number of ether oxygens (including phenoxy) is 8. The largest absolute Gasteiger partial charge is 0.491 e. The van der Waals surface area contributed by atoms with Gasteiger partial charge in [-0.15, -0.1) is 0 Å². The Hall–Kier alpha value is -4.08. The summed E-state index contributed by atoms with van der Waals surface area (Å²) >= 11 is 0. The molecule has 51 heavy (non-hydrogen) atoms. The lowest BCUT2D eigenvalue weighted by molar-refractivity contribution is 0.261. The number of hydrogen-bond acceptors (Lipinski definition) is 8. The Bertz CT molecular complexity index is 1870. The lowest BCUT2D eigenvalue weighted by atomic mass is 9.91. The average Bonchev–Trinajstić information content (AvgIpc) is 3.90. The first-order chi connectivity index (χ1) is 24.8. The van der Waals surface area contributed by atoms with Crippen molar-refractivity contribution in [1.29, 1.82) is 0 Å². The molecule has 4 aliphatic rings. The Balaban J connectivity index is 1.08. The van der Waals surface area contributed by atoms with Gasteiger partial charge < -0.3 is 37.9 Å². The molecule has 0 radical (unpaired) electrons. The molecule has 4 atom stereocenters. The Morgan fingerprint density at radius 3 is 1.37 bits per heavy atom. The Morgan fingerprint density at radius 2 is 0.863 bits per heavy atom. The lowest BCUT2D eigenvalue weighted by Gasteiger charge is -2.19. The van der Waals surface area contributed by atoms with Crippen LogP contribution in [-0.4, -0.2) is 77.3 Å². The van der Waals surface area contributed by atoms with E-state index in [1.165, 1.54) is 33.4 Å². The smallest absolute Gasteiger partial charge is 0.122 e. The highest BCUT2D eigenvalue weighted by molar-refractivity contribution is 5.51. The molecule has 4 aliphatic heterocycles. The van der Waals surface area contributed by atoms with Crippen molar-refractivity contribution in [1.82, 2.24) is 0 Å². The fraction of sp³-hybridized carbons (Fsp3) is 0.442. The van der Waals surface area contributed by atoms with Gasteiger partial charge in [0.15, 0.2) is 0 Å². The van der Waals surface area contributed by atoms with Gasteiger partial charge in [0.1, 0.15) is 73.8 Å². The fourth-order valence-electron chi connectivity index (χ4n) is 6.45. The zero-order valence-electron chi connectivity index (χ0n) is 30.1. The first-order valence-electron chi connectivity index (χ1n) is 18.2. The molecule has 4 aromatic carbocycles. The van der Waals surface area contributed by atoms with Crippen molar-refractivity contribution in [3.63, 3.8) is 0 Å². The normalized spacial score (nSPS) is 21.3. The van der Waals surface area contributed by atoms with Crippen LogP contribution in [0.5, 0.6) is 23.0 Å². The second-order valence-electron chi connectivity index (χ2n) is 14.5. The SMILES string of the molecule is Cc1ccc(Cc2cc(Cc3cc(Cc4cccc(OCC5CO5)c4C)cc(OCC4CO4)c3C)cc(OCC3CO3)c2C)cc1OCC1CO1. The maximum absolute atomic E-state index is 6.40. The number of hydrogen-bond donors (Lipinski definition) is 0. The first-order valence-corrected chi connectivity index (χ1v) is 18.2. The third kappa shape index (κ3) is 9.05. The Morgan fingerprint density at radius 1 is 0.451 bits per heavy atom. The van der Waals surface area contributed by atoms with Gasteiger partial charge in [0.2, 0.25) is 0 Å². The summed E-state index contributed by atoms with van der Waals surface area (Å²) in [7, 11) is 0. The topological polar surface area (TPSA) is 87.0 Å². The zero-order valence-corrected chi connectivity index (χ0v) is 30.1. The van der Waals surface area contributed by atoms with Gasteiger partial charge in [-0.25, -0.2) is 0 Å². The molecule has 4 fully saturated rings. The fourth-order valence-corrected chi connectivity index (χ4v) is 6.45. The van der Waals surface area contributed by atoms with E-state index in [4.69, 9.17) is 37.9 Å². The van der Waals surface area contributed by atoms with E-state index >= 15 is 0 Å². The Labute approximate surface area is 300 Å². The number of aryl methyl sites for hydroxylation is 1. The van der Waals surface area contributed by atoms with Crippen molar-refractivity contribution in [2.24, 2.45) is 0 Å². The minimum absolute atomic E-state index is 0.173. The molecular weight excluding hydrogens is 644 g/mol. The molecular formula is C43H48O8. The van der Waals surface area contributed by atoms with Crippen LogP contribution in [0.4, 0.5) is 0 Å². The molecule has 268 valence electrons. The van der Waals surface area contributed by atoms with Crippen LogP contribution in [0.1, 0.15) is 55.6 Å². The van der Waals surface area contributed by atoms with Gasteiger partial charge in [-0.05, 0) is 127 Å². The third-order valence-electron chi connectivity index (χ3n) is 10.2. The summed E-state index contributed by atoms with van der Waals surface area (Å²) < 4.78 is 46.7. The summed E-state index contributed by atoms with van der Waals surface area (Å²) in [5, 5.41) is 0. The Kier molecular flexibility index (Phi) is 9.93. The zero-order chi connectivity index (χ0) is 34.9. The van der Waals surface area contributed by atoms with Crippen LogP contribution in [0, 0.1) is 27.7 Å². The van der Waals surface area contributed by atoms with Crippen molar-refractivity contribution >= 4 is 0 Å². The van der Waals surface area contributed by atoms with Crippen LogP contribution < -0.4 is 18.9 Å². The van der Waals surface area contributed by atoms with Gasteiger partial charge >= 0.3 is 0 Å². The average molecular weight is 693 g/mol. The molecule has 8 heteroatoms. The predicted octanol–water partition coefficient (Wildman–Crippen LogP) is 6.80. The minimum atomic E-state index is 0.173. The second kappa shape index (κ2) is 14.9. The van der Waals surface area contributed by atoms with E-state index in [2.05, 4.69) is 82.3 Å². The van der Waals surface area contributed by atoms with Gasteiger partial charge in [-0.2, -0.15) is 0 Å². The molecule has 0 aliphatic carbocycles. The van der Waals surface area contributed by atoms with Crippen LogP contribution in [0.2, 0.25) is 0 Å². The van der Waals surface area contributed by atoms with Crippen molar-refractivity contribution < 1.29 is 37.9 Å². The monoisotopic (exact) mass is 692 g/mol. The van der Waals surface area contributed by atoms with E-state index in [-0.39, 0.29) is 24.4 Å². The van der Waals surface area contributed by atoms with Gasteiger partial charge in [-0.1, -0.05) is 36.4 Å². The van der Waals surface area contributed by atoms with Crippen molar-refractivity contribution in [3.05, 3.63) is 116 Å². The van der Waals surface area contributed by atoms with Crippen LogP contribution in [-0.2, 0) is 38.2 Å². The molecule has 4 saturated heterocycles. The molecule has 4 unspecified atom stereocenters. The summed E-state index contributed by atoms with van der Waals surface area (Å²) in [4.78, 5) is 0. The summed E-state index contributed by atoms with van der Waals surface area (Å²) in [6, 6.07) is 21.9. The van der Waals surface area contributed by atoms with E-state index < -0.39 is 0 Å². The van der Waals surface area contributed by atoms with Crippen LogP contribution in [0.15, 0.2) is 60.7 Å². The molecule has 0 saturated carbocycles. The molecule has 8 rings (SSSR count). The highest BCUT2D eigenvalue weighted by atomic mass is 16.6. The number of benzene rings is 4. The maximum atomic E-state index is 6.40. The van der Waals surface area contributed by atoms with Crippen LogP contribution >= 0.6 is 0 Å². The maximum Gasteiger partial charge on any atom is 0.122 e.